The monoisotopic (exact) mass is 306 g/mol. The number of nitrogens with one attached hydrogen (secondary N) is 1. The first-order valence-corrected chi connectivity index (χ1v) is 6.56. The van der Waals surface area contributed by atoms with Crippen molar-refractivity contribution >= 4 is 17.1 Å². The van der Waals surface area contributed by atoms with E-state index in [1.54, 1.807) is 18.2 Å². The SMILES string of the molecule is Cc1cc(Nc2ccc([N+](=O)[O-])cc2F)ccc1OCCO. The molecule has 2 aromatic rings. The Morgan fingerprint density at radius 2 is 2.09 bits per heavy atom. The van der Waals surface area contributed by atoms with Crippen LogP contribution in [0.2, 0.25) is 0 Å². The molecule has 0 amide bonds. The van der Waals surface area contributed by atoms with Crippen LogP contribution in [0.25, 0.3) is 0 Å². The number of ether oxygens (including phenoxy) is 1. The first-order chi connectivity index (χ1) is 10.5. The van der Waals surface area contributed by atoms with Gasteiger partial charge in [0.25, 0.3) is 5.69 Å². The standard InChI is InChI=1S/C15H15FN2O4/c1-10-8-11(2-5-15(10)22-7-6-19)17-14-4-3-12(18(20)21)9-13(14)16/h2-5,8-9,17,19H,6-7H2,1H3. The van der Waals surface area contributed by atoms with Gasteiger partial charge in [0.2, 0.25) is 0 Å². The molecule has 22 heavy (non-hydrogen) atoms. The first-order valence-electron chi connectivity index (χ1n) is 6.56. The molecule has 2 N–H and O–H groups in total. The molecule has 0 aromatic heterocycles. The van der Waals surface area contributed by atoms with E-state index in [2.05, 4.69) is 5.32 Å². The fourth-order valence-electron chi connectivity index (χ4n) is 1.92. The number of nitrogens with zero attached hydrogens (tertiary/aromatic N) is 1. The molecule has 0 aliphatic carbocycles. The number of hydrogen-bond acceptors (Lipinski definition) is 5. The van der Waals surface area contributed by atoms with Crippen LogP contribution in [0.15, 0.2) is 36.4 Å². The van der Waals surface area contributed by atoms with Crippen molar-refractivity contribution in [1.29, 1.82) is 0 Å². The minimum atomic E-state index is -0.701. The Hall–Kier alpha value is -2.67. The topological polar surface area (TPSA) is 84.6 Å². The number of rotatable bonds is 6. The Kier molecular flexibility index (Phi) is 4.90. The Bertz CT molecular complexity index is 691. The number of benzene rings is 2. The molecule has 2 rings (SSSR count). The van der Waals surface area contributed by atoms with Gasteiger partial charge in [0.1, 0.15) is 12.4 Å². The Balaban J connectivity index is 2.17. The molecule has 0 spiro atoms. The fourth-order valence-corrected chi connectivity index (χ4v) is 1.92. The maximum Gasteiger partial charge on any atom is 0.272 e. The van der Waals surface area contributed by atoms with Crippen molar-refractivity contribution in [1.82, 2.24) is 0 Å². The van der Waals surface area contributed by atoms with Crippen LogP contribution >= 0.6 is 0 Å². The van der Waals surface area contributed by atoms with E-state index in [-0.39, 0.29) is 24.6 Å². The summed E-state index contributed by atoms with van der Waals surface area (Å²) in [5, 5.41) is 22.2. The van der Waals surface area contributed by atoms with E-state index in [4.69, 9.17) is 9.84 Å². The Morgan fingerprint density at radius 1 is 1.32 bits per heavy atom. The van der Waals surface area contributed by atoms with Gasteiger partial charge in [0.15, 0.2) is 5.82 Å². The largest absolute Gasteiger partial charge is 0.491 e. The molecule has 2 aromatic carbocycles. The molecule has 116 valence electrons. The second-order valence-electron chi connectivity index (χ2n) is 4.60. The van der Waals surface area contributed by atoms with Gasteiger partial charge in [-0.05, 0) is 36.8 Å². The smallest absolute Gasteiger partial charge is 0.272 e. The summed E-state index contributed by atoms with van der Waals surface area (Å²) >= 11 is 0. The quantitative estimate of drug-likeness (QED) is 0.632. The van der Waals surface area contributed by atoms with Crippen molar-refractivity contribution in [2.75, 3.05) is 18.5 Å². The Morgan fingerprint density at radius 3 is 2.68 bits per heavy atom. The van der Waals surface area contributed by atoms with E-state index in [0.717, 1.165) is 11.6 Å². The van der Waals surface area contributed by atoms with Gasteiger partial charge in [-0.25, -0.2) is 4.39 Å². The number of hydrogen-bond donors (Lipinski definition) is 2. The molecule has 0 heterocycles. The number of halogens is 1. The van der Waals surface area contributed by atoms with Crippen molar-refractivity contribution < 1.29 is 19.2 Å². The lowest BCUT2D eigenvalue weighted by atomic mass is 10.2. The van der Waals surface area contributed by atoms with Gasteiger partial charge in [-0.2, -0.15) is 0 Å². The minimum absolute atomic E-state index is 0.0759. The van der Waals surface area contributed by atoms with Crippen LogP contribution < -0.4 is 10.1 Å². The van der Waals surface area contributed by atoms with Gasteiger partial charge < -0.3 is 15.2 Å². The van der Waals surface area contributed by atoms with Crippen molar-refractivity contribution in [2.24, 2.45) is 0 Å². The van der Waals surface area contributed by atoms with E-state index in [1.807, 2.05) is 6.92 Å². The number of anilines is 2. The molecule has 0 atom stereocenters. The molecule has 0 aliphatic heterocycles. The number of aliphatic hydroxyl groups excluding tert-OH is 1. The number of non-ortho nitro benzene ring substituents is 1. The van der Waals surface area contributed by atoms with E-state index < -0.39 is 10.7 Å². The maximum absolute atomic E-state index is 13.8. The summed E-state index contributed by atoms with van der Waals surface area (Å²) in [7, 11) is 0. The lowest BCUT2D eigenvalue weighted by molar-refractivity contribution is -0.385. The molecule has 0 bridgehead atoms. The summed E-state index contributed by atoms with van der Waals surface area (Å²) in [4.78, 5) is 9.93. The lowest BCUT2D eigenvalue weighted by Crippen LogP contribution is -2.03. The van der Waals surface area contributed by atoms with Gasteiger partial charge in [0.05, 0.1) is 23.3 Å². The molecular weight excluding hydrogens is 291 g/mol. The number of nitro groups is 1. The molecule has 0 saturated carbocycles. The van der Waals surface area contributed by atoms with Crippen LogP contribution in [0.5, 0.6) is 5.75 Å². The van der Waals surface area contributed by atoms with Gasteiger partial charge in [-0.1, -0.05) is 0 Å². The number of nitro benzene ring substituents is 1. The molecule has 6 nitrogen and oxygen atoms in total. The van der Waals surface area contributed by atoms with Crippen molar-refractivity contribution in [3.8, 4) is 5.75 Å². The predicted octanol–water partition coefficient (Wildman–Crippen LogP) is 3.16. The minimum Gasteiger partial charge on any atom is -0.491 e. The highest BCUT2D eigenvalue weighted by Gasteiger charge is 2.11. The fraction of sp³-hybridized carbons (Fsp3) is 0.200. The molecule has 7 heteroatoms. The molecule has 0 radical (unpaired) electrons. The maximum atomic E-state index is 13.8. The average Bonchev–Trinajstić information content (AvgIpc) is 2.48. The van der Waals surface area contributed by atoms with E-state index in [1.165, 1.54) is 12.1 Å². The third kappa shape index (κ3) is 3.70. The second-order valence-corrected chi connectivity index (χ2v) is 4.60. The summed E-state index contributed by atoms with van der Waals surface area (Å²) < 4.78 is 19.2. The van der Waals surface area contributed by atoms with Gasteiger partial charge in [0, 0.05) is 11.8 Å². The van der Waals surface area contributed by atoms with Crippen LogP contribution in [0, 0.1) is 22.9 Å². The zero-order chi connectivity index (χ0) is 16.1. The summed E-state index contributed by atoms with van der Waals surface area (Å²) in [6, 6.07) is 8.58. The zero-order valence-corrected chi connectivity index (χ0v) is 11.9. The number of aryl methyl sites for hydroxylation is 1. The summed E-state index contributed by atoms with van der Waals surface area (Å²) in [5.41, 5.74) is 1.29. The van der Waals surface area contributed by atoms with Crippen LogP contribution in [0.1, 0.15) is 5.56 Å². The third-order valence-electron chi connectivity index (χ3n) is 2.97. The molecule has 0 saturated heterocycles. The molecular formula is C15H15FN2O4. The van der Waals surface area contributed by atoms with Crippen LogP contribution in [0.4, 0.5) is 21.5 Å². The van der Waals surface area contributed by atoms with Gasteiger partial charge >= 0.3 is 0 Å². The van der Waals surface area contributed by atoms with E-state index in [0.29, 0.717) is 11.4 Å². The predicted molar refractivity (Wildman–Crippen MR) is 80.1 cm³/mol. The highest BCUT2D eigenvalue weighted by atomic mass is 19.1. The highest BCUT2D eigenvalue weighted by Crippen LogP contribution is 2.27. The van der Waals surface area contributed by atoms with E-state index >= 15 is 0 Å². The van der Waals surface area contributed by atoms with Crippen LogP contribution in [0.3, 0.4) is 0 Å². The molecule has 0 unspecified atom stereocenters. The van der Waals surface area contributed by atoms with Crippen molar-refractivity contribution in [2.45, 2.75) is 6.92 Å². The van der Waals surface area contributed by atoms with Crippen molar-refractivity contribution in [3.63, 3.8) is 0 Å². The van der Waals surface area contributed by atoms with Crippen LogP contribution in [-0.4, -0.2) is 23.2 Å². The number of aliphatic hydroxyl groups is 1. The second kappa shape index (κ2) is 6.86. The summed E-state index contributed by atoms with van der Waals surface area (Å²) in [6.07, 6.45) is 0. The zero-order valence-electron chi connectivity index (χ0n) is 11.9. The summed E-state index contributed by atoms with van der Waals surface area (Å²) in [5.74, 6) is -0.0729. The Labute approximate surface area is 126 Å². The first kappa shape index (κ1) is 15.7. The van der Waals surface area contributed by atoms with E-state index in [9.17, 15) is 14.5 Å². The molecule has 0 fully saturated rings. The van der Waals surface area contributed by atoms with Gasteiger partial charge in [-0.3, -0.25) is 10.1 Å². The average molecular weight is 306 g/mol. The summed E-state index contributed by atoms with van der Waals surface area (Å²) in [6.45, 7) is 1.95. The van der Waals surface area contributed by atoms with Crippen LogP contribution in [-0.2, 0) is 0 Å². The third-order valence-corrected chi connectivity index (χ3v) is 2.97. The van der Waals surface area contributed by atoms with Crippen molar-refractivity contribution in [3.05, 3.63) is 57.9 Å². The highest BCUT2D eigenvalue weighted by molar-refractivity contribution is 5.63. The molecule has 0 aliphatic rings. The lowest BCUT2D eigenvalue weighted by Gasteiger charge is -2.12. The van der Waals surface area contributed by atoms with Gasteiger partial charge in [-0.15, -0.1) is 0 Å². The normalized spacial score (nSPS) is 10.3.